The zero-order valence-corrected chi connectivity index (χ0v) is 15.1. The van der Waals surface area contributed by atoms with Crippen LogP contribution in [0.4, 0.5) is 0 Å². The Bertz CT molecular complexity index is 788. The molecule has 1 amide bonds. The maximum absolute atomic E-state index is 12.0. The summed E-state index contributed by atoms with van der Waals surface area (Å²) >= 11 is 3.33. The SMILES string of the molecule is CN(CCOc1ccc(Br)cc1)C(=O)COC(=O)c1ccc[nH]c1=O. The average molecular weight is 409 g/mol. The van der Waals surface area contributed by atoms with Crippen molar-refractivity contribution < 1.29 is 19.1 Å². The Morgan fingerprint density at radius 3 is 2.60 bits per heavy atom. The number of aromatic nitrogens is 1. The van der Waals surface area contributed by atoms with Crippen LogP contribution < -0.4 is 10.3 Å². The number of nitrogens with one attached hydrogen (secondary N) is 1. The number of ether oxygens (including phenoxy) is 2. The third kappa shape index (κ3) is 5.75. The molecule has 0 spiro atoms. The fraction of sp³-hybridized carbons (Fsp3) is 0.235. The van der Waals surface area contributed by atoms with Crippen LogP contribution in [0.2, 0.25) is 0 Å². The van der Waals surface area contributed by atoms with Gasteiger partial charge >= 0.3 is 5.97 Å². The standard InChI is InChI=1S/C17H17BrN2O5/c1-20(9-10-24-13-6-4-12(18)5-7-13)15(21)11-25-17(23)14-3-2-8-19-16(14)22/h2-8H,9-11H2,1H3,(H,19,22). The number of carbonyl (C=O) groups is 2. The van der Waals surface area contributed by atoms with Gasteiger partial charge < -0.3 is 19.4 Å². The molecular weight excluding hydrogens is 392 g/mol. The van der Waals surface area contributed by atoms with Crippen LogP contribution in [0.3, 0.4) is 0 Å². The number of aromatic amines is 1. The van der Waals surface area contributed by atoms with Crippen molar-refractivity contribution in [2.24, 2.45) is 0 Å². The van der Waals surface area contributed by atoms with Crippen molar-refractivity contribution >= 4 is 27.8 Å². The Morgan fingerprint density at radius 2 is 1.92 bits per heavy atom. The van der Waals surface area contributed by atoms with E-state index in [0.717, 1.165) is 4.47 Å². The second-order valence-electron chi connectivity index (χ2n) is 5.11. The molecule has 1 aromatic carbocycles. The van der Waals surface area contributed by atoms with Crippen molar-refractivity contribution in [3.8, 4) is 5.75 Å². The molecule has 1 aromatic heterocycles. The number of halogens is 1. The molecule has 2 aromatic rings. The molecule has 2 rings (SSSR count). The zero-order chi connectivity index (χ0) is 18.2. The van der Waals surface area contributed by atoms with Gasteiger partial charge in [-0.05, 0) is 36.4 Å². The molecular formula is C17H17BrN2O5. The maximum Gasteiger partial charge on any atom is 0.344 e. The fourth-order valence-corrected chi connectivity index (χ4v) is 2.12. The summed E-state index contributed by atoms with van der Waals surface area (Å²) in [5, 5.41) is 0. The van der Waals surface area contributed by atoms with Gasteiger partial charge in [-0.2, -0.15) is 0 Å². The lowest BCUT2D eigenvalue weighted by molar-refractivity contribution is -0.133. The van der Waals surface area contributed by atoms with E-state index in [0.29, 0.717) is 18.9 Å². The number of hydrogen-bond acceptors (Lipinski definition) is 5. The second kappa shape index (κ2) is 9.03. The van der Waals surface area contributed by atoms with Crippen molar-refractivity contribution in [3.63, 3.8) is 0 Å². The number of rotatable bonds is 7. The molecule has 0 aliphatic rings. The number of esters is 1. The maximum atomic E-state index is 12.0. The summed E-state index contributed by atoms with van der Waals surface area (Å²) in [5.41, 5.74) is -0.701. The molecule has 1 N–H and O–H groups in total. The molecule has 1 heterocycles. The summed E-state index contributed by atoms with van der Waals surface area (Å²) in [4.78, 5) is 39.0. The van der Waals surface area contributed by atoms with Crippen LogP contribution in [0, 0.1) is 0 Å². The van der Waals surface area contributed by atoms with E-state index in [2.05, 4.69) is 20.9 Å². The van der Waals surface area contributed by atoms with Crippen LogP contribution in [-0.4, -0.2) is 48.6 Å². The highest BCUT2D eigenvalue weighted by atomic mass is 79.9. The molecule has 25 heavy (non-hydrogen) atoms. The highest BCUT2D eigenvalue weighted by Gasteiger charge is 2.15. The summed E-state index contributed by atoms with van der Waals surface area (Å²) in [6, 6.07) is 10.2. The lowest BCUT2D eigenvalue weighted by atomic mass is 10.3. The molecule has 0 atom stereocenters. The molecule has 132 valence electrons. The zero-order valence-electron chi connectivity index (χ0n) is 13.5. The van der Waals surface area contributed by atoms with Crippen molar-refractivity contribution in [2.45, 2.75) is 0 Å². The van der Waals surface area contributed by atoms with Crippen LogP contribution in [0.5, 0.6) is 5.75 Å². The van der Waals surface area contributed by atoms with Gasteiger partial charge in [0.25, 0.3) is 11.5 Å². The van der Waals surface area contributed by atoms with Crippen LogP contribution in [0.25, 0.3) is 0 Å². The fourth-order valence-electron chi connectivity index (χ4n) is 1.85. The van der Waals surface area contributed by atoms with Gasteiger partial charge in [0.05, 0.1) is 6.54 Å². The molecule has 0 aliphatic carbocycles. The Balaban J connectivity index is 1.74. The molecule has 7 nitrogen and oxygen atoms in total. The van der Waals surface area contributed by atoms with Gasteiger partial charge in [0.1, 0.15) is 17.9 Å². The summed E-state index contributed by atoms with van der Waals surface area (Å²) in [7, 11) is 1.58. The predicted molar refractivity (Wildman–Crippen MR) is 94.6 cm³/mol. The molecule has 0 fully saturated rings. The first-order chi connectivity index (χ1) is 12.0. The Labute approximate surface area is 152 Å². The van der Waals surface area contributed by atoms with Gasteiger partial charge in [0.2, 0.25) is 0 Å². The third-order valence-corrected chi connectivity index (χ3v) is 3.83. The minimum atomic E-state index is -0.838. The lowest BCUT2D eigenvalue weighted by Gasteiger charge is -2.17. The van der Waals surface area contributed by atoms with E-state index in [1.807, 2.05) is 24.3 Å². The van der Waals surface area contributed by atoms with Crippen molar-refractivity contribution in [2.75, 3.05) is 26.8 Å². The number of pyridine rings is 1. The number of likely N-dealkylation sites (N-methyl/N-ethyl adjacent to an activating group) is 1. The number of hydrogen-bond donors (Lipinski definition) is 1. The van der Waals surface area contributed by atoms with Crippen LogP contribution in [-0.2, 0) is 9.53 Å². The Kier molecular flexibility index (Phi) is 6.76. The van der Waals surface area contributed by atoms with Crippen LogP contribution in [0.15, 0.2) is 51.9 Å². The highest BCUT2D eigenvalue weighted by molar-refractivity contribution is 9.10. The Hall–Kier alpha value is -2.61. The molecule has 0 unspecified atom stereocenters. The van der Waals surface area contributed by atoms with E-state index in [9.17, 15) is 14.4 Å². The predicted octanol–water partition coefficient (Wildman–Crippen LogP) is 1.83. The minimum Gasteiger partial charge on any atom is -0.492 e. The van der Waals surface area contributed by atoms with Gasteiger partial charge in [0.15, 0.2) is 6.61 Å². The summed E-state index contributed by atoms with van der Waals surface area (Å²) in [6.07, 6.45) is 1.41. The first-order valence-corrected chi connectivity index (χ1v) is 8.24. The van der Waals surface area contributed by atoms with Gasteiger partial charge in [-0.15, -0.1) is 0 Å². The van der Waals surface area contributed by atoms with E-state index in [-0.39, 0.29) is 11.5 Å². The van der Waals surface area contributed by atoms with E-state index in [1.54, 1.807) is 7.05 Å². The quantitative estimate of drug-likeness (QED) is 0.705. The van der Waals surface area contributed by atoms with Gasteiger partial charge in [-0.3, -0.25) is 9.59 Å². The van der Waals surface area contributed by atoms with E-state index < -0.39 is 18.1 Å². The van der Waals surface area contributed by atoms with Gasteiger partial charge in [-0.25, -0.2) is 4.79 Å². The normalized spacial score (nSPS) is 10.2. The monoisotopic (exact) mass is 408 g/mol. The van der Waals surface area contributed by atoms with E-state index in [1.165, 1.54) is 23.2 Å². The summed E-state index contributed by atoms with van der Waals surface area (Å²) < 4.78 is 11.3. The second-order valence-corrected chi connectivity index (χ2v) is 6.02. The first kappa shape index (κ1) is 18.7. The molecule has 0 bridgehead atoms. The molecule has 8 heteroatoms. The molecule has 0 saturated carbocycles. The first-order valence-electron chi connectivity index (χ1n) is 7.44. The molecule has 0 radical (unpaired) electrons. The van der Waals surface area contributed by atoms with E-state index in [4.69, 9.17) is 9.47 Å². The topological polar surface area (TPSA) is 88.7 Å². The van der Waals surface area contributed by atoms with E-state index >= 15 is 0 Å². The number of amides is 1. The number of H-pyrrole nitrogens is 1. The lowest BCUT2D eigenvalue weighted by Crippen LogP contribution is -2.34. The van der Waals surface area contributed by atoms with Crippen LogP contribution >= 0.6 is 15.9 Å². The van der Waals surface area contributed by atoms with Crippen molar-refractivity contribution in [1.29, 1.82) is 0 Å². The van der Waals surface area contributed by atoms with Crippen molar-refractivity contribution in [3.05, 3.63) is 63.0 Å². The third-order valence-electron chi connectivity index (χ3n) is 3.30. The summed E-state index contributed by atoms with van der Waals surface area (Å²) in [6.45, 7) is 0.191. The number of nitrogens with zero attached hydrogens (tertiary/aromatic N) is 1. The molecule has 0 aliphatic heterocycles. The highest BCUT2D eigenvalue weighted by Crippen LogP contribution is 2.15. The number of benzene rings is 1. The molecule has 0 saturated heterocycles. The average Bonchev–Trinajstić information content (AvgIpc) is 2.61. The minimum absolute atomic E-state index is 0.142. The van der Waals surface area contributed by atoms with Crippen LogP contribution in [0.1, 0.15) is 10.4 Å². The largest absolute Gasteiger partial charge is 0.492 e. The summed E-state index contributed by atoms with van der Waals surface area (Å²) in [5.74, 6) is -0.534. The van der Waals surface area contributed by atoms with Gasteiger partial charge in [-0.1, -0.05) is 15.9 Å². The smallest absolute Gasteiger partial charge is 0.344 e. The Morgan fingerprint density at radius 1 is 1.20 bits per heavy atom. The number of carbonyl (C=O) groups excluding carboxylic acids is 2. The van der Waals surface area contributed by atoms with Crippen molar-refractivity contribution in [1.82, 2.24) is 9.88 Å². The van der Waals surface area contributed by atoms with Gasteiger partial charge in [0, 0.05) is 17.7 Å².